The highest BCUT2D eigenvalue weighted by atomic mass is 15.5. The maximum absolute atomic E-state index is 4.50. The molecule has 0 aliphatic rings. The number of nitrogens with zero attached hydrogens (tertiary/aromatic N) is 4. The van der Waals surface area contributed by atoms with Crippen molar-refractivity contribution in [1.82, 2.24) is 25.6 Å². The summed E-state index contributed by atoms with van der Waals surface area (Å²) < 4.78 is 0. The first-order valence-corrected chi connectivity index (χ1v) is 4.95. The fourth-order valence-electron chi connectivity index (χ4n) is 1.74. The van der Waals surface area contributed by atoms with Crippen LogP contribution in [0.3, 0.4) is 0 Å². The fourth-order valence-corrected chi connectivity index (χ4v) is 1.74. The Balaban J connectivity index is 2.29. The van der Waals surface area contributed by atoms with E-state index < -0.39 is 0 Å². The zero-order valence-electron chi connectivity index (χ0n) is 8.68. The summed E-state index contributed by atoms with van der Waals surface area (Å²) in [5.41, 5.74) is 2.88. The zero-order chi connectivity index (χ0) is 11.0. The van der Waals surface area contributed by atoms with Crippen LogP contribution in [-0.2, 0) is 0 Å². The third-order valence-corrected chi connectivity index (χ3v) is 2.51. The number of nitrogens with one attached hydrogen (secondary N) is 1. The molecule has 0 fully saturated rings. The molecule has 16 heavy (non-hydrogen) atoms. The Labute approximate surface area is 91.5 Å². The van der Waals surface area contributed by atoms with Crippen LogP contribution < -0.4 is 0 Å². The van der Waals surface area contributed by atoms with Gasteiger partial charge in [-0.25, -0.2) is 10.1 Å². The van der Waals surface area contributed by atoms with E-state index in [1.54, 1.807) is 0 Å². The molecule has 0 radical (unpaired) electrons. The van der Waals surface area contributed by atoms with Gasteiger partial charge in [-0.3, -0.25) is 0 Å². The van der Waals surface area contributed by atoms with Crippen LogP contribution in [0.1, 0.15) is 5.56 Å². The lowest BCUT2D eigenvalue weighted by Crippen LogP contribution is -1.90. The monoisotopic (exact) mass is 211 g/mol. The number of hydrogen-bond acceptors (Lipinski definition) is 4. The smallest absolute Gasteiger partial charge is 0.198 e. The topological polar surface area (TPSA) is 67.3 Å². The van der Waals surface area contributed by atoms with Crippen LogP contribution in [0.4, 0.5) is 0 Å². The summed E-state index contributed by atoms with van der Waals surface area (Å²) in [6.45, 7) is 2.05. The standard InChI is InChI=1S/C11H9N5/c1-7-6-10(11-13-15-16-14-11)12-9-5-3-2-4-8(7)9/h2-6H,1H3,(H,13,14,15,16). The van der Waals surface area contributed by atoms with Crippen LogP contribution in [0.5, 0.6) is 0 Å². The molecule has 0 bridgehead atoms. The van der Waals surface area contributed by atoms with Crippen molar-refractivity contribution in [2.75, 3.05) is 0 Å². The summed E-state index contributed by atoms with van der Waals surface area (Å²) >= 11 is 0. The molecule has 0 amide bonds. The molecule has 0 spiro atoms. The Morgan fingerprint density at radius 3 is 2.88 bits per heavy atom. The SMILES string of the molecule is Cc1cc(-c2nnn[nH]2)nc2ccccc12. The summed E-state index contributed by atoms with van der Waals surface area (Å²) in [6, 6.07) is 9.99. The number of para-hydroxylation sites is 1. The van der Waals surface area contributed by atoms with E-state index in [9.17, 15) is 0 Å². The lowest BCUT2D eigenvalue weighted by molar-refractivity contribution is 0.881. The van der Waals surface area contributed by atoms with Crippen LogP contribution in [-0.4, -0.2) is 25.6 Å². The highest BCUT2D eigenvalue weighted by Gasteiger charge is 2.06. The second kappa shape index (κ2) is 3.37. The van der Waals surface area contributed by atoms with Crippen LogP contribution >= 0.6 is 0 Å². The lowest BCUT2D eigenvalue weighted by Gasteiger charge is -2.03. The van der Waals surface area contributed by atoms with E-state index in [0.717, 1.165) is 22.2 Å². The largest absolute Gasteiger partial charge is 0.244 e. The molecule has 0 aliphatic heterocycles. The molecule has 2 heterocycles. The number of aromatic amines is 1. The second-order valence-corrected chi connectivity index (χ2v) is 3.59. The number of aromatic nitrogens is 5. The molecule has 0 saturated heterocycles. The molecule has 0 saturated carbocycles. The maximum Gasteiger partial charge on any atom is 0.198 e. The van der Waals surface area contributed by atoms with Gasteiger partial charge in [-0.05, 0) is 35.0 Å². The molecule has 5 nitrogen and oxygen atoms in total. The Morgan fingerprint density at radius 1 is 1.19 bits per heavy atom. The highest BCUT2D eigenvalue weighted by molar-refractivity contribution is 5.84. The molecule has 0 atom stereocenters. The molecule has 78 valence electrons. The first-order valence-electron chi connectivity index (χ1n) is 4.95. The van der Waals surface area contributed by atoms with Crippen molar-refractivity contribution in [3.63, 3.8) is 0 Å². The third-order valence-electron chi connectivity index (χ3n) is 2.51. The van der Waals surface area contributed by atoms with Gasteiger partial charge in [0.25, 0.3) is 0 Å². The number of tetrazole rings is 1. The van der Waals surface area contributed by atoms with Gasteiger partial charge >= 0.3 is 0 Å². The van der Waals surface area contributed by atoms with Gasteiger partial charge in [-0.1, -0.05) is 18.2 Å². The van der Waals surface area contributed by atoms with E-state index >= 15 is 0 Å². The minimum Gasteiger partial charge on any atom is -0.244 e. The van der Waals surface area contributed by atoms with Crippen molar-refractivity contribution in [1.29, 1.82) is 0 Å². The van der Waals surface area contributed by atoms with E-state index in [4.69, 9.17) is 0 Å². The molecule has 3 rings (SSSR count). The van der Waals surface area contributed by atoms with Crippen LogP contribution in [0.25, 0.3) is 22.4 Å². The van der Waals surface area contributed by atoms with Crippen molar-refractivity contribution in [3.8, 4) is 11.5 Å². The quantitative estimate of drug-likeness (QED) is 0.665. The predicted octanol–water partition coefficient (Wildman–Crippen LogP) is 1.72. The molecule has 1 aromatic carbocycles. The zero-order valence-corrected chi connectivity index (χ0v) is 8.68. The highest BCUT2D eigenvalue weighted by Crippen LogP contribution is 2.21. The van der Waals surface area contributed by atoms with Gasteiger partial charge in [0.1, 0.15) is 5.69 Å². The lowest BCUT2D eigenvalue weighted by atomic mass is 10.1. The average molecular weight is 211 g/mol. The van der Waals surface area contributed by atoms with Gasteiger partial charge in [0, 0.05) is 5.39 Å². The minimum absolute atomic E-state index is 0.592. The number of benzene rings is 1. The Bertz CT molecular complexity index is 630. The first-order chi connectivity index (χ1) is 7.84. The van der Waals surface area contributed by atoms with E-state index in [-0.39, 0.29) is 0 Å². The minimum atomic E-state index is 0.592. The van der Waals surface area contributed by atoms with Gasteiger partial charge in [0.15, 0.2) is 5.82 Å². The number of rotatable bonds is 1. The van der Waals surface area contributed by atoms with Gasteiger partial charge in [0.2, 0.25) is 0 Å². The number of hydrogen-bond donors (Lipinski definition) is 1. The van der Waals surface area contributed by atoms with Crippen molar-refractivity contribution < 1.29 is 0 Å². The van der Waals surface area contributed by atoms with Gasteiger partial charge < -0.3 is 0 Å². The van der Waals surface area contributed by atoms with Crippen LogP contribution in [0.15, 0.2) is 30.3 Å². The van der Waals surface area contributed by atoms with E-state index in [1.165, 1.54) is 0 Å². The van der Waals surface area contributed by atoms with Crippen LogP contribution in [0, 0.1) is 6.92 Å². The number of H-pyrrole nitrogens is 1. The Hall–Kier alpha value is -2.30. The van der Waals surface area contributed by atoms with Gasteiger partial charge in [-0.15, -0.1) is 5.10 Å². The molecule has 3 aromatic rings. The molecular formula is C11H9N5. The van der Waals surface area contributed by atoms with Crippen molar-refractivity contribution in [3.05, 3.63) is 35.9 Å². The molecule has 1 N–H and O–H groups in total. The third kappa shape index (κ3) is 1.33. The Kier molecular flexibility index (Phi) is 1.89. The predicted molar refractivity (Wildman–Crippen MR) is 59.7 cm³/mol. The van der Waals surface area contributed by atoms with Crippen molar-refractivity contribution in [2.45, 2.75) is 6.92 Å². The molecule has 5 heteroatoms. The molecule has 0 aliphatic carbocycles. The fraction of sp³-hybridized carbons (Fsp3) is 0.0909. The molecular weight excluding hydrogens is 202 g/mol. The molecule has 2 aromatic heterocycles. The average Bonchev–Trinajstić information content (AvgIpc) is 2.82. The van der Waals surface area contributed by atoms with Gasteiger partial charge in [0.05, 0.1) is 5.52 Å². The van der Waals surface area contributed by atoms with Gasteiger partial charge in [-0.2, -0.15) is 0 Å². The van der Waals surface area contributed by atoms with E-state index in [2.05, 4.69) is 38.6 Å². The summed E-state index contributed by atoms with van der Waals surface area (Å²) in [6.07, 6.45) is 0. The first kappa shape index (κ1) is 8.96. The maximum atomic E-state index is 4.50. The van der Waals surface area contributed by atoms with E-state index in [1.807, 2.05) is 24.3 Å². The molecule has 0 unspecified atom stereocenters. The van der Waals surface area contributed by atoms with Crippen molar-refractivity contribution in [2.24, 2.45) is 0 Å². The van der Waals surface area contributed by atoms with E-state index in [0.29, 0.717) is 5.82 Å². The summed E-state index contributed by atoms with van der Waals surface area (Å²) in [4.78, 5) is 4.50. The normalized spacial score (nSPS) is 10.8. The Morgan fingerprint density at radius 2 is 2.06 bits per heavy atom. The summed E-state index contributed by atoms with van der Waals surface area (Å²) in [7, 11) is 0. The second-order valence-electron chi connectivity index (χ2n) is 3.59. The van der Waals surface area contributed by atoms with Crippen molar-refractivity contribution >= 4 is 10.9 Å². The number of aryl methyl sites for hydroxylation is 1. The summed E-state index contributed by atoms with van der Waals surface area (Å²) in [5.74, 6) is 0.592. The van der Waals surface area contributed by atoms with Crippen LogP contribution in [0.2, 0.25) is 0 Å². The summed E-state index contributed by atoms with van der Waals surface area (Å²) in [5, 5.41) is 14.8. The number of pyridine rings is 1. The number of fused-ring (bicyclic) bond motifs is 1.